The van der Waals surface area contributed by atoms with E-state index in [1.807, 2.05) is 6.07 Å². The van der Waals surface area contributed by atoms with Crippen molar-refractivity contribution in [2.45, 2.75) is 17.7 Å². The van der Waals surface area contributed by atoms with Gasteiger partial charge in [0.05, 0.1) is 4.90 Å². The molecule has 25 heavy (non-hydrogen) atoms. The van der Waals surface area contributed by atoms with E-state index >= 15 is 0 Å². The van der Waals surface area contributed by atoms with Gasteiger partial charge in [0.25, 0.3) is 5.91 Å². The minimum Gasteiger partial charge on any atom is -0.371 e. The van der Waals surface area contributed by atoms with Crippen molar-refractivity contribution in [3.63, 3.8) is 0 Å². The largest absolute Gasteiger partial charge is 0.371 e. The number of primary sulfonamides is 1. The molecule has 0 unspecified atom stereocenters. The second kappa shape index (κ2) is 7.25. The Labute approximate surface area is 147 Å². The number of carbonyl (C=O) groups excluding carboxylic acids is 1. The minimum atomic E-state index is -3.81. The van der Waals surface area contributed by atoms with Crippen molar-refractivity contribution in [1.29, 1.82) is 0 Å². The number of hydrogen-bond donors (Lipinski definition) is 2. The van der Waals surface area contributed by atoms with Gasteiger partial charge in [-0.2, -0.15) is 0 Å². The van der Waals surface area contributed by atoms with Crippen LogP contribution in [0.15, 0.2) is 53.4 Å². The summed E-state index contributed by atoms with van der Waals surface area (Å²) in [6, 6.07) is 14.1. The van der Waals surface area contributed by atoms with Crippen LogP contribution in [-0.4, -0.2) is 34.0 Å². The van der Waals surface area contributed by atoms with Gasteiger partial charge in [0, 0.05) is 30.9 Å². The third-order valence-electron chi connectivity index (χ3n) is 4.30. The highest BCUT2D eigenvalue weighted by molar-refractivity contribution is 7.89. The van der Waals surface area contributed by atoms with E-state index in [1.165, 1.54) is 29.4 Å². The first-order valence-electron chi connectivity index (χ1n) is 8.19. The topological polar surface area (TPSA) is 92.5 Å². The summed E-state index contributed by atoms with van der Waals surface area (Å²) >= 11 is 0. The number of fused-ring (bicyclic) bond motifs is 1. The first-order valence-corrected chi connectivity index (χ1v) is 9.74. The molecular formula is C18H21N3O3S. The number of benzene rings is 2. The lowest BCUT2D eigenvalue weighted by molar-refractivity contribution is 0.0953. The SMILES string of the molecule is NS(=O)(=O)c1cccc(C(=O)NCCCN2CCc3ccccc32)c1. The molecule has 132 valence electrons. The fourth-order valence-electron chi connectivity index (χ4n) is 3.03. The van der Waals surface area contributed by atoms with Crippen LogP contribution >= 0.6 is 0 Å². The maximum atomic E-state index is 12.2. The van der Waals surface area contributed by atoms with Crippen LogP contribution < -0.4 is 15.4 Å². The van der Waals surface area contributed by atoms with Crippen LogP contribution in [0.2, 0.25) is 0 Å². The van der Waals surface area contributed by atoms with Crippen molar-refractivity contribution < 1.29 is 13.2 Å². The summed E-state index contributed by atoms with van der Waals surface area (Å²) in [7, 11) is -3.81. The number of nitrogens with zero attached hydrogens (tertiary/aromatic N) is 1. The number of carbonyl (C=O) groups is 1. The lowest BCUT2D eigenvalue weighted by Crippen LogP contribution is -2.29. The molecule has 0 atom stereocenters. The highest BCUT2D eigenvalue weighted by Gasteiger charge is 2.17. The number of nitrogens with two attached hydrogens (primary N) is 1. The molecule has 0 spiro atoms. The van der Waals surface area contributed by atoms with E-state index in [-0.39, 0.29) is 16.4 Å². The molecule has 0 radical (unpaired) electrons. The third-order valence-corrected chi connectivity index (χ3v) is 5.21. The summed E-state index contributed by atoms with van der Waals surface area (Å²) in [5, 5.41) is 7.92. The van der Waals surface area contributed by atoms with Crippen LogP contribution in [0.5, 0.6) is 0 Å². The summed E-state index contributed by atoms with van der Waals surface area (Å²) in [6.45, 7) is 2.40. The van der Waals surface area contributed by atoms with E-state index < -0.39 is 10.0 Å². The molecule has 3 N–H and O–H groups in total. The number of rotatable bonds is 6. The molecule has 0 aliphatic carbocycles. The number of sulfonamides is 1. The molecule has 0 fully saturated rings. The molecule has 1 amide bonds. The monoisotopic (exact) mass is 359 g/mol. The maximum absolute atomic E-state index is 12.2. The Morgan fingerprint density at radius 3 is 2.76 bits per heavy atom. The van der Waals surface area contributed by atoms with Gasteiger partial charge >= 0.3 is 0 Å². The molecule has 1 heterocycles. The molecule has 1 aliphatic heterocycles. The first-order chi connectivity index (χ1) is 11.9. The Morgan fingerprint density at radius 2 is 1.96 bits per heavy atom. The van der Waals surface area contributed by atoms with Gasteiger partial charge in [0.15, 0.2) is 0 Å². The molecule has 2 aromatic rings. The molecule has 6 nitrogen and oxygen atoms in total. The van der Waals surface area contributed by atoms with Gasteiger partial charge < -0.3 is 10.2 Å². The second-order valence-electron chi connectivity index (χ2n) is 6.05. The van der Waals surface area contributed by atoms with Gasteiger partial charge in [-0.05, 0) is 42.7 Å². The lowest BCUT2D eigenvalue weighted by atomic mass is 10.2. The summed E-state index contributed by atoms with van der Waals surface area (Å²) in [6.07, 6.45) is 1.87. The Morgan fingerprint density at radius 1 is 1.16 bits per heavy atom. The Kier molecular flexibility index (Phi) is 5.06. The molecule has 1 aliphatic rings. The average molecular weight is 359 g/mol. The maximum Gasteiger partial charge on any atom is 0.251 e. The molecule has 3 rings (SSSR count). The molecule has 0 aromatic heterocycles. The van der Waals surface area contributed by atoms with Crippen LogP contribution in [0.25, 0.3) is 0 Å². The Balaban J connectivity index is 1.51. The fraction of sp³-hybridized carbons (Fsp3) is 0.278. The van der Waals surface area contributed by atoms with E-state index in [9.17, 15) is 13.2 Å². The highest BCUT2D eigenvalue weighted by atomic mass is 32.2. The zero-order valence-corrected chi connectivity index (χ0v) is 14.6. The van der Waals surface area contributed by atoms with Gasteiger partial charge in [-0.25, -0.2) is 13.6 Å². The zero-order chi connectivity index (χ0) is 17.9. The minimum absolute atomic E-state index is 0.0613. The van der Waals surface area contributed by atoms with E-state index in [0.717, 1.165) is 25.9 Å². The number of nitrogens with one attached hydrogen (secondary N) is 1. The highest BCUT2D eigenvalue weighted by Crippen LogP contribution is 2.27. The van der Waals surface area contributed by atoms with Crippen molar-refractivity contribution in [3.8, 4) is 0 Å². The van der Waals surface area contributed by atoms with Crippen molar-refractivity contribution in [2.75, 3.05) is 24.5 Å². The summed E-state index contributed by atoms with van der Waals surface area (Å²) in [5.41, 5.74) is 2.93. The molecule has 7 heteroatoms. The first kappa shape index (κ1) is 17.4. The van der Waals surface area contributed by atoms with Gasteiger partial charge in [-0.15, -0.1) is 0 Å². The van der Waals surface area contributed by atoms with Crippen molar-refractivity contribution in [3.05, 3.63) is 59.7 Å². The zero-order valence-electron chi connectivity index (χ0n) is 13.8. The predicted molar refractivity (Wildman–Crippen MR) is 97.1 cm³/mol. The molecular weight excluding hydrogens is 338 g/mol. The summed E-state index contributed by atoms with van der Waals surface area (Å²) < 4.78 is 22.7. The standard InChI is InChI=1S/C18H21N3O3S/c19-25(23,24)16-7-3-6-15(13-16)18(22)20-10-4-11-21-12-9-14-5-1-2-8-17(14)21/h1-3,5-8,13H,4,9-12H2,(H,20,22)(H2,19,23,24). The van der Waals surface area contributed by atoms with Crippen molar-refractivity contribution in [1.82, 2.24) is 5.32 Å². The van der Waals surface area contributed by atoms with E-state index in [0.29, 0.717) is 6.54 Å². The van der Waals surface area contributed by atoms with E-state index in [4.69, 9.17) is 5.14 Å². The normalized spacial score (nSPS) is 13.6. The van der Waals surface area contributed by atoms with Gasteiger partial charge in [0.2, 0.25) is 10.0 Å². The van der Waals surface area contributed by atoms with Crippen LogP contribution in [0.1, 0.15) is 22.3 Å². The molecule has 0 saturated carbocycles. The second-order valence-corrected chi connectivity index (χ2v) is 7.61. The van der Waals surface area contributed by atoms with Crippen LogP contribution in [-0.2, 0) is 16.4 Å². The van der Waals surface area contributed by atoms with Crippen LogP contribution in [0.4, 0.5) is 5.69 Å². The van der Waals surface area contributed by atoms with Crippen LogP contribution in [0, 0.1) is 0 Å². The van der Waals surface area contributed by atoms with E-state index in [1.54, 1.807) is 6.07 Å². The van der Waals surface area contributed by atoms with Crippen molar-refractivity contribution >= 4 is 21.6 Å². The lowest BCUT2D eigenvalue weighted by Gasteiger charge is -2.19. The van der Waals surface area contributed by atoms with Crippen LogP contribution in [0.3, 0.4) is 0 Å². The van der Waals surface area contributed by atoms with E-state index in [2.05, 4.69) is 28.4 Å². The quantitative estimate of drug-likeness (QED) is 0.765. The Hall–Kier alpha value is -2.38. The number of para-hydroxylation sites is 1. The molecule has 0 saturated heterocycles. The number of anilines is 1. The van der Waals surface area contributed by atoms with Gasteiger partial charge in [-0.1, -0.05) is 24.3 Å². The number of amides is 1. The van der Waals surface area contributed by atoms with Gasteiger partial charge in [-0.3, -0.25) is 4.79 Å². The summed E-state index contributed by atoms with van der Waals surface area (Å²) in [4.78, 5) is 14.4. The fourth-order valence-corrected chi connectivity index (χ4v) is 3.59. The third kappa shape index (κ3) is 4.18. The average Bonchev–Trinajstić information content (AvgIpc) is 3.01. The van der Waals surface area contributed by atoms with Crippen molar-refractivity contribution in [2.24, 2.45) is 5.14 Å². The molecule has 2 aromatic carbocycles. The number of hydrogen-bond acceptors (Lipinski definition) is 4. The predicted octanol–water partition coefficient (Wildman–Crippen LogP) is 1.52. The smallest absolute Gasteiger partial charge is 0.251 e. The molecule has 0 bridgehead atoms. The Bertz CT molecular complexity index is 881. The summed E-state index contributed by atoms with van der Waals surface area (Å²) in [5.74, 6) is -0.299. The van der Waals surface area contributed by atoms with Gasteiger partial charge in [0.1, 0.15) is 0 Å².